The second-order valence-corrected chi connectivity index (χ2v) is 11.2. The van der Waals surface area contributed by atoms with Gasteiger partial charge in [-0.2, -0.15) is 4.31 Å². The molecule has 1 fully saturated rings. The Balaban J connectivity index is 2.16. The predicted octanol–water partition coefficient (Wildman–Crippen LogP) is 2.39. The summed E-state index contributed by atoms with van der Waals surface area (Å²) in [6.45, 7) is 12.2. The molecule has 1 heterocycles. The third kappa shape index (κ3) is 6.27. The van der Waals surface area contributed by atoms with E-state index in [1.165, 1.54) is 16.4 Å². The van der Waals surface area contributed by atoms with Crippen molar-refractivity contribution in [1.29, 1.82) is 0 Å². The fraction of sp³-hybridized carbons (Fsp3) is 0.619. The molecule has 29 heavy (non-hydrogen) atoms. The van der Waals surface area contributed by atoms with Crippen molar-refractivity contribution in [2.45, 2.75) is 64.4 Å². The molecule has 0 aliphatic carbocycles. The number of sulfonamides is 1. The number of benzene rings is 1. The first kappa shape index (κ1) is 23.3. The largest absolute Gasteiger partial charge is 0.350 e. The Morgan fingerprint density at radius 1 is 1.14 bits per heavy atom. The zero-order chi connectivity index (χ0) is 22.0. The van der Waals surface area contributed by atoms with Crippen LogP contribution in [0.5, 0.6) is 0 Å². The molecule has 0 saturated carbocycles. The molecule has 0 aromatic heterocycles. The highest BCUT2D eigenvalue weighted by Crippen LogP contribution is 2.27. The van der Waals surface area contributed by atoms with Crippen LogP contribution in [-0.2, 0) is 14.8 Å². The maximum Gasteiger partial charge on any atom is 0.251 e. The number of piperidine rings is 1. The van der Waals surface area contributed by atoms with E-state index in [1.807, 2.05) is 34.6 Å². The van der Waals surface area contributed by atoms with Crippen LogP contribution in [0.25, 0.3) is 0 Å². The normalized spacial score (nSPS) is 22.0. The lowest BCUT2D eigenvalue weighted by molar-refractivity contribution is -0.124. The molecule has 2 amide bonds. The summed E-state index contributed by atoms with van der Waals surface area (Å²) >= 11 is 0. The molecule has 0 bridgehead atoms. The molecule has 0 spiro atoms. The molecule has 1 aromatic rings. The summed E-state index contributed by atoms with van der Waals surface area (Å²) in [6, 6.07) is 5.24. The Bertz CT molecular complexity index is 851. The fourth-order valence-corrected chi connectivity index (χ4v) is 5.30. The highest BCUT2D eigenvalue weighted by Gasteiger charge is 2.32. The summed E-state index contributed by atoms with van der Waals surface area (Å²) < 4.78 is 27.6. The number of carbonyl (C=O) groups is 2. The minimum absolute atomic E-state index is 0.0956. The van der Waals surface area contributed by atoms with Gasteiger partial charge in [-0.15, -0.1) is 0 Å². The number of nitrogens with one attached hydrogen (secondary N) is 2. The molecular formula is C21H33N3O4S. The van der Waals surface area contributed by atoms with E-state index in [0.717, 1.165) is 6.42 Å². The van der Waals surface area contributed by atoms with E-state index in [1.54, 1.807) is 19.1 Å². The van der Waals surface area contributed by atoms with Crippen LogP contribution in [0.3, 0.4) is 0 Å². The van der Waals surface area contributed by atoms with Crippen LogP contribution < -0.4 is 10.6 Å². The Morgan fingerprint density at radius 3 is 2.28 bits per heavy atom. The molecule has 162 valence electrons. The van der Waals surface area contributed by atoms with Crippen LogP contribution in [0.15, 0.2) is 29.2 Å². The third-order valence-electron chi connectivity index (χ3n) is 4.81. The monoisotopic (exact) mass is 423 g/mol. The van der Waals surface area contributed by atoms with E-state index in [2.05, 4.69) is 10.6 Å². The highest BCUT2D eigenvalue weighted by atomic mass is 32.2. The first-order valence-electron chi connectivity index (χ1n) is 10.0. The van der Waals surface area contributed by atoms with Crippen molar-refractivity contribution in [3.05, 3.63) is 29.8 Å². The van der Waals surface area contributed by atoms with Crippen molar-refractivity contribution < 1.29 is 18.0 Å². The van der Waals surface area contributed by atoms with Gasteiger partial charge < -0.3 is 10.6 Å². The van der Waals surface area contributed by atoms with Gasteiger partial charge in [0.25, 0.3) is 5.91 Å². The highest BCUT2D eigenvalue weighted by molar-refractivity contribution is 7.89. The van der Waals surface area contributed by atoms with Crippen molar-refractivity contribution in [1.82, 2.24) is 14.9 Å². The average molecular weight is 424 g/mol. The van der Waals surface area contributed by atoms with Gasteiger partial charge in [-0.25, -0.2) is 8.42 Å². The first-order chi connectivity index (χ1) is 13.3. The smallest absolute Gasteiger partial charge is 0.251 e. The van der Waals surface area contributed by atoms with E-state index < -0.39 is 27.5 Å². The average Bonchev–Trinajstić information content (AvgIpc) is 2.59. The van der Waals surface area contributed by atoms with Crippen LogP contribution in [0.2, 0.25) is 0 Å². The topological polar surface area (TPSA) is 95.6 Å². The molecule has 1 aliphatic heterocycles. The van der Waals surface area contributed by atoms with Gasteiger partial charge in [0.1, 0.15) is 6.04 Å². The van der Waals surface area contributed by atoms with Crippen molar-refractivity contribution in [2.24, 2.45) is 11.8 Å². The molecule has 2 rings (SSSR count). The molecule has 0 radical (unpaired) electrons. The Kier molecular flexibility index (Phi) is 7.11. The molecule has 3 unspecified atom stereocenters. The van der Waals surface area contributed by atoms with Gasteiger partial charge in [0, 0.05) is 24.2 Å². The molecule has 7 nitrogen and oxygen atoms in total. The van der Waals surface area contributed by atoms with Crippen molar-refractivity contribution in [2.75, 3.05) is 13.1 Å². The van der Waals surface area contributed by atoms with E-state index in [9.17, 15) is 18.0 Å². The first-order valence-corrected chi connectivity index (χ1v) is 11.5. The van der Waals surface area contributed by atoms with Crippen molar-refractivity contribution >= 4 is 21.8 Å². The number of carbonyl (C=O) groups excluding carboxylic acids is 2. The number of hydrogen-bond acceptors (Lipinski definition) is 4. The molecule has 1 aromatic carbocycles. The van der Waals surface area contributed by atoms with Crippen LogP contribution >= 0.6 is 0 Å². The number of amides is 2. The fourth-order valence-electron chi connectivity index (χ4n) is 3.57. The van der Waals surface area contributed by atoms with Crippen molar-refractivity contribution in [3.63, 3.8) is 0 Å². The van der Waals surface area contributed by atoms with Crippen LogP contribution in [0, 0.1) is 11.8 Å². The van der Waals surface area contributed by atoms with Gasteiger partial charge in [-0.05, 0) is 64.2 Å². The summed E-state index contributed by atoms with van der Waals surface area (Å²) in [5.74, 6) is -0.200. The molecule has 8 heteroatoms. The van der Waals surface area contributed by atoms with Gasteiger partial charge in [0.2, 0.25) is 15.9 Å². The van der Waals surface area contributed by atoms with Crippen LogP contribution in [0.1, 0.15) is 58.3 Å². The Hall–Kier alpha value is -1.93. The SMILES string of the molecule is CC1CC(C)CN(S(=O)(=O)c2cccc(C(=O)NC(C)C(=O)NC(C)(C)C)c2)C1. The van der Waals surface area contributed by atoms with E-state index in [0.29, 0.717) is 24.9 Å². The quantitative estimate of drug-likeness (QED) is 0.760. The summed E-state index contributed by atoms with van der Waals surface area (Å²) in [7, 11) is -3.68. The third-order valence-corrected chi connectivity index (χ3v) is 6.64. The lowest BCUT2D eigenvalue weighted by Gasteiger charge is -2.34. The summed E-state index contributed by atoms with van der Waals surface area (Å²) in [5.41, 5.74) is -0.202. The Morgan fingerprint density at radius 2 is 1.72 bits per heavy atom. The summed E-state index contributed by atoms with van der Waals surface area (Å²) in [6.07, 6.45) is 1.00. The van der Waals surface area contributed by atoms with Crippen LogP contribution in [-0.4, -0.2) is 49.2 Å². The van der Waals surface area contributed by atoms with Gasteiger partial charge >= 0.3 is 0 Å². The second kappa shape index (κ2) is 8.83. The van der Waals surface area contributed by atoms with Gasteiger partial charge in [-0.3, -0.25) is 9.59 Å². The van der Waals surface area contributed by atoms with Gasteiger partial charge in [0.15, 0.2) is 0 Å². The maximum absolute atomic E-state index is 13.1. The lowest BCUT2D eigenvalue weighted by Crippen LogP contribution is -2.50. The van der Waals surface area contributed by atoms with Crippen LogP contribution in [0.4, 0.5) is 0 Å². The van der Waals surface area contributed by atoms with E-state index >= 15 is 0 Å². The van der Waals surface area contributed by atoms with Crippen molar-refractivity contribution in [3.8, 4) is 0 Å². The molecular weight excluding hydrogens is 390 g/mol. The van der Waals surface area contributed by atoms with E-state index in [4.69, 9.17) is 0 Å². The molecule has 3 atom stereocenters. The molecule has 2 N–H and O–H groups in total. The van der Waals surface area contributed by atoms with Gasteiger partial charge in [-0.1, -0.05) is 19.9 Å². The van der Waals surface area contributed by atoms with E-state index in [-0.39, 0.29) is 16.4 Å². The number of nitrogens with zero attached hydrogens (tertiary/aromatic N) is 1. The minimum Gasteiger partial charge on any atom is -0.350 e. The lowest BCUT2D eigenvalue weighted by atomic mass is 9.94. The maximum atomic E-state index is 13.1. The zero-order valence-corrected chi connectivity index (χ0v) is 19.0. The van der Waals surface area contributed by atoms with Gasteiger partial charge in [0.05, 0.1) is 4.90 Å². The molecule has 1 saturated heterocycles. The Labute approximate surface area is 174 Å². The predicted molar refractivity (Wildman–Crippen MR) is 113 cm³/mol. The standard InChI is InChI=1S/C21H33N3O4S/c1-14-10-15(2)13-24(12-14)29(27,28)18-9-7-8-17(11-18)20(26)22-16(3)19(25)23-21(4,5)6/h7-9,11,14-16H,10,12-13H2,1-6H3,(H,22,26)(H,23,25). The zero-order valence-electron chi connectivity index (χ0n) is 18.2. The number of rotatable bonds is 5. The summed E-state index contributed by atoms with van der Waals surface area (Å²) in [5, 5.41) is 5.44. The number of hydrogen-bond donors (Lipinski definition) is 2. The molecule has 1 aliphatic rings. The minimum atomic E-state index is -3.68. The second-order valence-electron chi connectivity index (χ2n) is 9.23. The summed E-state index contributed by atoms with van der Waals surface area (Å²) in [4.78, 5) is 24.9.